The number of anilines is 2. The number of amides is 2. The smallest absolute Gasteiger partial charge is 0.323 e. The molecule has 1 aromatic carbocycles. The van der Waals surface area contributed by atoms with E-state index in [9.17, 15) is 9.18 Å². The summed E-state index contributed by atoms with van der Waals surface area (Å²) in [6.07, 6.45) is 8.07. The third kappa shape index (κ3) is 5.32. The van der Waals surface area contributed by atoms with E-state index in [1.807, 2.05) is 27.0 Å². The van der Waals surface area contributed by atoms with Crippen LogP contribution in [-0.4, -0.2) is 35.6 Å². The molecule has 11 heteroatoms. The quantitative estimate of drug-likeness (QED) is 0.466. The maximum absolute atomic E-state index is 14.6. The molecule has 170 valence electrons. The van der Waals surface area contributed by atoms with Gasteiger partial charge in [0.1, 0.15) is 17.9 Å². The molecule has 4 rings (SSSR count). The molecule has 3 heterocycles. The fourth-order valence-corrected chi connectivity index (χ4v) is 2.93. The van der Waals surface area contributed by atoms with Crippen molar-refractivity contribution in [1.29, 1.82) is 0 Å². The van der Waals surface area contributed by atoms with Crippen LogP contribution in [0.15, 0.2) is 55.4 Å². The Morgan fingerprint density at radius 2 is 1.88 bits per heavy atom. The van der Waals surface area contributed by atoms with Crippen LogP contribution in [-0.2, 0) is 12.6 Å². The van der Waals surface area contributed by atoms with E-state index in [1.165, 1.54) is 30.7 Å². The summed E-state index contributed by atoms with van der Waals surface area (Å²) in [4.78, 5) is 20.5. The zero-order chi connectivity index (χ0) is 23.6. The van der Waals surface area contributed by atoms with Crippen molar-refractivity contribution >= 4 is 17.4 Å². The van der Waals surface area contributed by atoms with Gasteiger partial charge in [-0.25, -0.2) is 19.2 Å². The number of nitrogens with zero attached hydrogens (tertiary/aromatic N) is 6. The van der Waals surface area contributed by atoms with E-state index in [2.05, 4.69) is 30.8 Å². The molecule has 0 fully saturated rings. The summed E-state index contributed by atoms with van der Waals surface area (Å²) in [6, 6.07) is 5.15. The van der Waals surface area contributed by atoms with E-state index < -0.39 is 11.8 Å². The Kier molecular flexibility index (Phi) is 5.78. The van der Waals surface area contributed by atoms with Crippen LogP contribution >= 0.6 is 0 Å². The number of aryl methyl sites for hydroxylation is 1. The van der Waals surface area contributed by atoms with Crippen LogP contribution in [0.5, 0.6) is 11.6 Å². The molecule has 0 aliphatic carbocycles. The molecule has 2 amide bonds. The summed E-state index contributed by atoms with van der Waals surface area (Å²) in [5.41, 5.74) is 1.70. The molecule has 0 bridgehead atoms. The number of hydrogen-bond donors (Lipinski definition) is 2. The second kappa shape index (κ2) is 8.69. The minimum atomic E-state index is -0.658. The number of urea groups is 1. The molecule has 33 heavy (non-hydrogen) atoms. The Balaban J connectivity index is 1.41. The van der Waals surface area contributed by atoms with E-state index in [0.29, 0.717) is 11.4 Å². The molecule has 0 aliphatic heterocycles. The van der Waals surface area contributed by atoms with Gasteiger partial charge >= 0.3 is 6.03 Å². The predicted octanol–water partition coefficient (Wildman–Crippen LogP) is 4.40. The van der Waals surface area contributed by atoms with Gasteiger partial charge in [0.25, 0.3) is 0 Å². The molecule has 0 atom stereocenters. The highest BCUT2D eigenvalue weighted by molar-refractivity contribution is 5.99. The Morgan fingerprint density at radius 3 is 2.55 bits per heavy atom. The maximum atomic E-state index is 14.6. The lowest BCUT2D eigenvalue weighted by molar-refractivity contribution is 0.262. The van der Waals surface area contributed by atoms with Gasteiger partial charge in [-0.1, -0.05) is 0 Å². The van der Waals surface area contributed by atoms with Gasteiger partial charge in [-0.05, 0) is 32.9 Å². The monoisotopic (exact) mass is 450 g/mol. The first-order valence-electron chi connectivity index (χ1n) is 10.1. The van der Waals surface area contributed by atoms with Crippen molar-refractivity contribution in [2.24, 2.45) is 7.05 Å². The summed E-state index contributed by atoms with van der Waals surface area (Å²) >= 11 is 0. The van der Waals surface area contributed by atoms with Crippen molar-refractivity contribution in [2.45, 2.75) is 26.3 Å². The Bertz CT molecular complexity index is 1290. The topological polar surface area (TPSA) is 112 Å². The van der Waals surface area contributed by atoms with E-state index in [1.54, 1.807) is 34.9 Å². The summed E-state index contributed by atoms with van der Waals surface area (Å²) in [6.45, 7) is 5.97. The second-order valence-electron chi connectivity index (χ2n) is 8.31. The van der Waals surface area contributed by atoms with Crippen LogP contribution in [0.1, 0.15) is 20.8 Å². The first-order valence-corrected chi connectivity index (χ1v) is 10.1. The van der Waals surface area contributed by atoms with Gasteiger partial charge in [-0.2, -0.15) is 10.2 Å². The van der Waals surface area contributed by atoms with Crippen LogP contribution in [0.25, 0.3) is 11.3 Å². The average molecular weight is 450 g/mol. The predicted molar refractivity (Wildman–Crippen MR) is 121 cm³/mol. The Labute approximate surface area is 189 Å². The van der Waals surface area contributed by atoms with Gasteiger partial charge in [0.05, 0.1) is 35.0 Å². The van der Waals surface area contributed by atoms with Crippen molar-refractivity contribution in [1.82, 2.24) is 29.5 Å². The van der Waals surface area contributed by atoms with Crippen LogP contribution in [0.4, 0.5) is 20.6 Å². The average Bonchev–Trinajstić information content (AvgIpc) is 3.39. The van der Waals surface area contributed by atoms with Crippen LogP contribution in [0.3, 0.4) is 0 Å². The third-order valence-electron chi connectivity index (χ3n) is 4.58. The number of carbonyl (C=O) groups excluding carboxylic acids is 1. The molecule has 10 nitrogen and oxygen atoms in total. The lowest BCUT2D eigenvalue weighted by Gasteiger charge is -2.18. The highest BCUT2D eigenvalue weighted by Crippen LogP contribution is 2.27. The van der Waals surface area contributed by atoms with Crippen molar-refractivity contribution in [3.63, 3.8) is 0 Å². The number of ether oxygens (including phenoxy) is 1. The van der Waals surface area contributed by atoms with Gasteiger partial charge < -0.3 is 15.4 Å². The number of halogens is 1. The van der Waals surface area contributed by atoms with Crippen LogP contribution in [0, 0.1) is 5.82 Å². The van der Waals surface area contributed by atoms with Gasteiger partial charge in [-0.3, -0.25) is 9.36 Å². The molecule has 4 aromatic rings. The summed E-state index contributed by atoms with van der Waals surface area (Å²) in [5.74, 6) is -0.187. The summed E-state index contributed by atoms with van der Waals surface area (Å²) in [7, 11) is 1.81. The Hall–Kier alpha value is -4.28. The molecule has 0 saturated carbocycles. The fraction of sp³-hybridized carbons (Fsp3) is 0.227. The lowest BCUT2D eigenvalue weighted by atomic mass is 10.1. The number of benzene rings is 1. The number of rotatable bonds is 5. The van der Waals surface area contributed by atoms with Crippen molar-refractivity contribution in [3.8, 4) is 22.9 Å². The third-order valence-corrected chi connectivity index (χ3v) is 4.58. The van der Waals surface area contributed by atoms with Crippen LogP contribution in [0.2, 0.25) is 0 Å². The zero-order valence-electron chi connectivity index (χ0n) is 18.6. The molecule has 0 unspecified atom stereocenters. The first kappa shape index (κ1) is 21.9. The zero-order valence-corrected chi connectivity index (χ0v) is 18.6. The normalized spacial score (nSPS) is 11.3. The number of nitrogens with one attached hydrogen (secondary N) is 2. The van der Waals surface area contributed by atoms with E-state index in [0.717, 1.165) is 5.56 Å². The van der Waals surface area contributed by atoms with E-state index in [4.69, 9.17) is 4.74 Å². The molecular weight excluding hydrogens is 427 g/mol. The highest BCUT2D eigenvalue weighted by Gasteiger charge is 2.15. The highest BCUT2D eigenvalue weighted by atomic mass is 19.1. The minimum Gasteiger partial charge on any atom is -0.439 e. The first-order chi connectivity index (χ1) is 15.7. The second-order valence-corrected chi connectivity index (χ2v) is 8.31. The van der Waals surface area contributed by atoms with Gasteiger partial charge in [-0.15, -0.1) is 0 Å². The van der Waals surface area contributed by atoms with Crippen molar-refractivity contribution in [3.05, 3.63) is 61.2 Å². The molecule has 0 saturated heterocycles. The largest absolute Gasteiger partial charge is 0.439 e. The molecule has 0 aliphatic rings. The molecule has 0 radical (unpaired) electrons. The summed E-state index contributed by atoms with van der Waals surface area (Å²) < 4.78 is 23.6. The lowest BCUT2D eigenvalue weighted by Crippen LogP contribution is -2.22. The van der Waals surface area contributed by atoms with Crippen molar-refractivity contribution in [2.75, 3.05) is 10.6 Å². The van der Waals surface area contributed by atoms with Gasteiger partial charge in [0.15, 0.2) is 0 Å². The fourth-order valence-electron chi connectivity index (χ4n) is 2.93. The summed E-state index contributed by atoms with van der Waals surface area (Å²) in [5, 5.41) is 13.4. The number of carbonyl (C=O) groups is 1. The Morgan fingerprint density at radius 1 is 1.06 bits per heavy atom. The van der Waals surface area contributed by atoms with Crippen LogP contribution < -0.4 is 15.4 Å². The van der Waals surface area contributed by atoms with Gasteiger partial charge in [0.2, 0.25) is 5.88 Å². The standard InChI is InChI=1S/C22H23FN8O2/c1-22(2,3)31-12-15(10-27-31)28-21(32)29-18-6-5-16(7-17(18)23)33-20-8-19(24-13-25-20)14-9-26-30(4)11-14/h5-13H,1-4H3,(H2,28,29,32). The number of hydrogen-bond acceptors (Lipinski definition) is 6. The van der Waals surface area contributed by atoms with E-state index >= 15 is 0 Å². The maximum Gasteiger partial charge on any atom is 0.323 e. The van der Waals surface area contributed by atoms with E-state index in [-0.39, 0.29) is 22.9 Å². The molecule has 3 aromatic heterocycles. The SMILES string of the molecule is Cn1cc(-c2cc(Oc3ccc(NC(=O)Nc4cnn(C(C)(C)C)c4)c(F)c3)ncn2)cn1. The van der Waals surface area contributed by atoms with Crippen molar-refractivity contribution < 1.29 is 13.9 Å². The molecular formula is C22H23FN8O2. The molecule has 0 spiro atoms. The number of aromatic nitrogens is 6. The molecule has 2 N–H and O–H groups in total. The van der Waals surface area contributed by atoms with Gasteiger partial charge in [0, 0.05) is 37.1 Å². The minimum absolute atomic E-state index is 0.00167.